The highest BCUT2D eigenvalue weighted by atomic mass is 14.1. The van der Waals surface area contributed by atoms with Crippen molar-refractivity contribution in [3.8, 4) is 0 Å². The summed E-state index contributed by atoms with van der Waals surface area (Å²) >= 11 is 0. The van der Waals surface area contributed by atoms with Gasteiger partial charge in [-0.25, -0.2) is 0 Å². The summed E-state index contributed by atoms with van der Waals surface area (Å²) in [7, 11) is 0. The molecule has 0 atom stereocenters. The van der Waals surface area contributed by atoms with Crippen LogP contribution in [-0.2, 0) is 0 Å². The molecule has 1 rings (SSSR count). The maximum Gasteiger partial charge on any atom is -0.0130 e. The minimum absolute atomic E-state index is 1.24. The Morgan fingerprint density at radius 1 is 1.00 bits per heavy atom. The fourth-order valence-electron chi connectivity index (χ4n) is 2.15. The van der Waals surface area contributed by atoms with E-state index >= 15 is 0 Å². The van der Waals surface area contributed by atoms with Gasteiger partial charge in [0.25, 0.3) is 0 Å². The normalized spacial score (nSPS) is 15.6. The molecule has 0 heterocycles. The van der Waals surface area contributed by atoms with E-state index in [-0.39, 0.29) is 0 Å². The van der Waals surface area contributed by atoms with Crippen LogP contribution in [0.1, 0.15) is 65.2 Å². The maximum absolute atomic E-state index is 2.35. The standard InChI is InChI=1S/C14H24/c1-3-5-6-7-10-14-12-8-11-13(14)9-4-2/h8,11H,3-7,9-10,12H2,1-2H3. The van der Waals surface area contributed by atoms with Crippen molar-refractivity contribution in [3.05, 3.63) is 23.3 Å². The van der Waals surface area contributed by atoms with Crippen LogP contribution < -0.4 is 0 Å². The number of unbranched alkanes of at least 4 members (excludes halogenated alkanes) is 3. The third-order valence-corrected chi connectivity index (χ3v) is 2.99. The van der Waals surface area contributed by atoms with Crippen LogP contribution in [-0.4, -0.2) is 0 Å². The minimum atomic E-state index is 1.24. The zero-order valence-electron chi connectivity index (χ0n) is 9.81. The zero-order valence-corrected chi connectivity index (χ0v) is 9.81. The molecule has 0 aliphatic heterocycles. The van der Waals surface area contributed by atoms with Gasteiger partial charge in [-0.3, -0.25) is 0 Å². The lowest BCUT2D eigenvalue weighted by atomic mass is 10.0. The molecule has 0 unspecified atom stereocenters. The van der Waals surface area contributed by atoms with E-state index in [0.29, 0.717) is 0 Å². The van der Waals surface area contributed by atoms with E-state index in [1.54, 1.807) is 11.1 Å². The lowest BCUT2D eigenvalue weighted by molar-refractivity contribution is 0.658. The number of hydrogen-bond donors (Lipinski definition) is 0. The van der Waals surface area contributed by atoms with E-state index in [2.05, 4.69) is 26.0 Å². The van der Waals surface area contributed by atoms with Gasteiger partial charge in [-0.15, -0.1) is 0 Å². The SMILES string of the molecule is CCCCCCC1=C(CCC)C=CC1. The molecule has 0 aromatic rings. The van der Waals surface area contributed by atoms with Gasteiger partial charge >= 0.3 is 0 Å². The number of allylic oxidation sites excluding steroid dienone is 4. The molecule has 1 aliphatic carbocycles. The minimum Gasteiger partial charge on any atom is -0.0802 e. The Bertz CT molecular complexity index is 208. The van der Waals surface area contributed by atoms with E-state index in [0.717, 1.165) is 0 Å². The Balaban J connectivity index is 2.25. The molecule has 0 spiro atoms. The van der Waals surface area contributed by atoms with Crippen LogP contribution >= 0.6 is 0 Å². The van der Waals surface area contributed by atoms with Crippen molar-refractivity contribution in [1.29, 1.82) is 0 Å². The van der Waals surface area contributed by atoms with Crippen molar-refractivity contribution in [2.45, 2.75) is 65.2 Å². The van der Waals surface area contributed by atoms with Gasteiger partial charge in [0.2, 0.25) is 0 Å². The molecular weight excluding hydrogens is 168 g/mol. The van der Waals surface area contributed by atoms with Crippen LogP contribution in [0.25, 0.3) is 0 Å². The molecule has 80 valence electrons. The predicted molar refractivity (Wildman–Crippen MR) is 64.5 cm³/mol. The Labute approximate surface area is 89.1 Å². The first-order valence-corrected chi connectivity index (χ1v) is 6.26. The third-order valence-electron chi connectivity index (χ3n) is 2.99. The van der Waals surface area contributed by atoms with Crippen LogP contribution in [0.4, 0.5) is 0 Å². The third kappa shape index (κ3) is 3.69. The smallest absolute Gasteiger partial charge is 0.0130 e. The molecule has 0 saturated carbocycles. The average molecular weight is 192 g/mol. The molecule has 0 radical (unpaired) electrons. The van der Waals surface area contributed by atoms with Crippen molar-refractivity contribution < 1.29 is 0 Å². The highest BCUT2D eigenvalue weighted by Crippen LogP contribution is 2.27. The molecule has 0 bridgehead atoms. The molecular formula is C14H24. The molecule has 0 saturated heterocycles. The molecule has 0 fully saturated rings. The quantitative estimate of drug-likeness (QED) is 0.497. The summed E-state index contributed by atoms with van der Waals surface area (Å²) in [6, 6.07) is 0. The second-order valence-electron chi connectivity index (χ2n) is 4.30. The zero-order chi connectivity index (χ0) is 10.2. The van der Waals surface area contributed by atoms with Crippen molar-refractivity contribution in [3.63, 3.8) is 0 Å². The lowest BCUT2D eigenvalue weighted by Crippen LogP contribution is -1.86. The fourth-order valence-corrected chi connectivity index (χ4v) is 2.15. The van der Waals surface area contributed by atoms with Gasteiger partial charge in [-0.2, -0.15) is 0 Å². The lowest BCUT2D eigenvalue weighted by Gasteiger charge is -2.06. The number of rotatable bonds is 7. The summed E-state index contributed by atoms with van der Waals surface area (Å²) in [4.78, 5) is 0. The maximum atomic E-state index is 2.35. The highest BCUT2D eigenvalue weighted by Gasteiger charge is 2.07. The first kappa shape index (κ1) is 11.6. The Hall–Kier alpha value is -0.520. The van der Waals surface area contributed by atoms with Gasteiger partial charge in [-0.1, -0.05) is 57.3 Å². The monoisotopic (exact) mass is 192 g/mol. The molecule has 0 aromatic heterocycles. The summed E-state index contributed by atoms with van der Waals surface area (Å²) in [6.45, 7) is 4.55. The largest absolute Gasteiger partial charge is 0.0802 e. The average Bonchev–Trinajstić information content (AvgIpc) is 2.61. The van der Waals surface area contributed by atoms with E-state index in [9.17, 15) is 0 Å². The van der Waals surface area contributed by atoms with Gasteiger partial charge in [0, 0.05) is 0 Å². The Morgan fingerprint density at radius 3 is 2.57 bits per heavy atom. The van der Waals surface area contributed by atoms with Crippen LogP contribution in [0.15, 0.2) is 23.3 Å². The van der Waals surface area contributed by atoms with Crippen LogP contribution in [0.3, 0.4) is 0 Å². The predicted octanol–water partition coefficient (Wildman–Crippen LogP) is 5.01. The topological polar surface area (TPSA) is 0 Å². The second-order valence-corrected chi connectivity index (χ2v) is 4.30. The fraction of sp³-hybridized carbons (Fsp3) is 0.714. The summed E-state index contributed by atoms with van der Waals surface area (Å²) in [5.41, 5.74) is 3.37. The first-order chi connectivity index (χ1) is 6.88. The van der Waals surface area contributed by atoms with Gasteiger partial charge in [-0.05, 0) is 31.3 Å². The summed E-state index contributed by atoms with van der Waals surface area (Å²) in [5, 5.41) is 0. The summed E-state index contributed by atoms with van der Waals surface area (Å²) in [6.07, 6.45) is 15.4. The second kappa shape index (κ2) is 6.86. The van der Waals surface area contributed by atoms with Crippen LogP contribution in [0.5, 0.6) is 0 Å². The van der Waals surface area contributed by atoms with E-state index in [4.69, 9.17) is 0 Å². The van der Waals surface area contributed by atoms with Crippen molar-refractivity contribution in [2.24, 2.45) is 0 Å². The van der Waals surface area contributed by atoms with Gasteiger partial charge in [0.05, 0.1) is 0 Å². The molecule has 1 aliphatic rings. The Morgan fingerprint density at radius 2 is 1.86 bits per heavy atom. The molecule has 0 nitrogen and oxygen atoms in total. The van der Waals surface area contributed by atoms with E-state index in [1.165, 1.54) is 51.4 Å². The molecule has 0 aromatic carbocycles. The van der Waals surface area contributed by atoms with Gasteiger partial charge < -0.3 is 0 Å². The van der Waals surface area contributed by atoms with E-state index in [1.807, 2.05) is 0 Å². The number of hydrogen-bond acceptors (Lipinski definition) is 0. The van der Waals surface area contributed by atoms with Crippen molar-refractivity contribution in [1.82, 2.24) is 0 Å². The van der Waals surface area contributed by atoms with Crippen LogP contribution in [0.2, 0.25) is 0 Å². The first-order valence-electron chi connectivity index (χ1n) is 6.26. The summed E-state index contributed by atoms with van der Waals surface area (Å²) < 4.78 is 0. The summed E-state index contributed by atoms with van der Waals surface area (Å²) in [5.74, 6) is 0. The Kier molecular flexibility index (Phi) is 5.66. The molecule has 14 heavy (non-hydrogen) atoms. The van der Waals surface area contributed by atoms with Gasteiger partial charge in [0.1, 0.15) is 0 Å². The van der Waals surface area contributed by atoms with Gasteiger partial charge in [0.15, 0.2) is 0 Å². The van der Waals surface area contributed by atoms with Crippen molar-refractivity contribution in [2.75, 3.05) is 0 Å². The van der Waals surface area contributed by atoms with Crippen molar-refractivity contribution >= 4 is 0 Å². The highest BCUT2D eigenvalue weighted by molar-refractivity contribution is 5.33. The van der Waals surface area contributed by atoms with E-state index < -0.39 is 0 Å². The molecule has 0 N–H and O–H groups in total. The molecule has 0 amide bonds. The molecule has 0 heteroatoms. The van der Waals surface area contributed by atoms with Crippen LogP contribution in [0, 0.1) is 0 Å².